The Labute approximate surface area is 217 Å². The van der Waals surface area contributed by atoms with Gasteiger partial charge in [0, 0.05) is 40.1 Å². The first kappa shape index (κ1) is 24.8. The van der Waals surface area contributed by atoms with Crippen molar-refractivity contribution in [3.05, 3.63) is 64.6 Å². The Hall–Kier alpha value is -3.90. The molecule has 1 spiro atoms. The van der Waals surface area contributed by atoms with Crippen LogP contribution in [0.3, 0.4) is 0 Å². The lowest BCUT2D eigenvalue weighted by molar-refractivity contribution is -0.134. The van der Waals surface area contributed by atoms with E-state index in [0.29, 0.717) is 28.2 Å². The number of hydrogen-bond acceptors (Lipinski definition) is 4. The van der Waals surface area contributed by atoms with Crippen molar-refractivity contribution >= 4 is 45.9 Å². The summed E-state index contributed by atoms with van der Waals surface area (Å²) >= 11 is 6.47. The minimum absolute atomic E-state index is 0.0330. The minimum Gasteiger partial charge on any atom is -0.350 e. The molecule has 0 saturated carbocycles. The fourth-order valence-corrected chi connectivity index (χ4v) is 5.79. The van der Waals surface area contributed by atoms with Gasteiger partial charge in [-0.1, -0.05) is 37.6 Å². The molecule has 37 heavy (non-hydrogen) atoms. The van der Waals surface area contributed by atoms with E-state index in [-0.39, 0.29) is 35.9 Å². The van der Waals surface area contributed by atoms with Crippen LogP contribution < -0.4 is 10.6 Å². The number of benzene rings is 2. The highest BCUT2D eigenvalue weighted by molar-refractivity contribution is 6.33. The van der Waals surface area contributed by atoms with Crippen LogP contribution in [0.2, 0.25) is 5.02 Å². The third-order valence-electron chi connectivity index (χ3n) is 7.13. The van der Waals surface area contributed by atoms with Gasteiger partial charge in [-0.2, -0.15) is 5.26 Å². The zero-order valence-electron chi connectivity index (χ0n) is 20.3. The summed E-state index contributed by atoms with van der Waals surface area (Å²) in [6, 6.07) is 11.4. The van der Waals surface area contributed by atoms with Gasteiger partial charge in [-0.05, 0) is 42.7 Å². The Morgan fingerprint density at radius 3 is 2.76 bits per heavy atom. The number of halogens is 2. The summed E-state index contributed by atoms with van der Waals surface area (Å²) in [5, 5.41) is 16.2. The Morgan fingerprint density at radius 2 is 2.05 bits per heavy atom. The second-order valence-corrected chi connectivity index (χ2v) is 10.5. The van der Waals surface area contributed by atoms with Crippen LogP contribution in [0.25, 0.3) is 10.9 Å². The largest absolute Gasteiger partial charge is 0.350 e. The number of carbonyl (C=O) groups is 3. The molecule has 3 amide bonds. The maximum atomic E-state index is 14.1. The summed E-state index contributed by atoms with van der Waals surface area (Å²) in [6.45, 7) is 3.80. The van der Waals surface area contributed by atoms with Gasteiger partial charge in [0.2, 0.25) is 11.8 Å². The van der Waals surface area contributed by atoms with Crippen LogP contribution in [0.5, 0.6) is 0 Å². The van der Waals surface area contributed by atoms with E-state index in [0.717, 1.165) is 0 Å². The van der Waals surface area contributed by atoms with Crippen molar-refractivity contribution in [3.8, 4) is 6.07 Å². The molecule has 3 heterocycles. The normalized spacial score (nSPS) is 21.2. The highest BCUT2D eigenvalue weighted by atomic mass is 35.5. The highest BCUT2D eigenvalue weighted by Crippen LogP contribution is 2.49. The fraction of sp³-hybridized carbons (Fsp3) is 0.333. The lowest BCUT2D eigenvalue weighted by Crippen LogP contribution is -2.51. The Balaban J connectivity index is 1.44. The topological polar surface area (TPSA) is 118 Å². The number of hydrogen-bond donors (Lipinski definition) is 3. The van der Waals surface area contributed by atoms with Gasteiger partial charge in [-0.3, -0.25) is 14.4 Å². The summed E-state index contributed by atoms with van der Waals surface area (Å²) in [5.41, 5.74) is 0.589. The SMILES string of the molecule is CC(C)C[C@H](NC(=O)c1cc2c(F)cccc2[nH]1)C(=O)N1C[C@]2(C[C@H]1C#N)C(=O)Nc1cccc(Cl)c12. The van der Waals surface area contributed by atoms with Crippen molar-refractivity contribution in [2.24, 2.45) is 5.92 Å². The van der Waals surface area contributed by atoms with Crippen molar-refractivity contribution in [3.63, 3.8) is 0 Å². The van der Waals surface area contributed by atoms with Gasteiger partial charge in [0.25, 0.3) is 5.91 Å². The molecule has 3 N–H and O–H groups in total. The molecular formula is C27H25ClFN5O3. The zero-order valence-corrected chi connectivity index (χ0v) is 21.0. The van der Waals surface area contributed by atoms with Gasteiger partial charge < -0.3 is 20.5 Å². The monoisotopic (exact) mass is 521 g/mol. The third-order valence-corrected chi connectivity index (χ3v) is 7.45. The molecule has 1 saturated heterocycles. The molecule has 190 valence electrons. The average Bonchev–Trinajstić information content (AvgIpc) is 3.53. The predicted octanol–water partition coefficient (Wildman–Crippen LogP) is 4.12. The summed E-state index contributed by atoms with van der Waals surface area (Å²) in [4.78, 5) is 44.3. The molecule has 3 aromatic rings. The number of nitrogens with zero attached hydrogens (tertiary/aromatic N) is 2. The number of nitrogens with one attached hydrogen (secondary N) is 3. The maximum Gasteiger partial charge on any atom is 0.268 e. The Morgan fingerprint density at radius 1 is 1.30 bits per heavy atom. The van der Waals surface area contributed by atoms with Crippen LogP contribution in [0.4, 0.5) is 10.1 Å². The number of aromatic amines is 1. The van der Waals surface area contributed by atoms with Crippen LogP contribution in [-0.2, 0) is 15.0 Å². The quantitative estimate of drug-likeness (QED) is 0.468. The number of carbonyl (C=O) groups excluding carboxylic acids is 3. The van der Waals surface area contributed by atoms with Crippen LogP contribution >= 0.6 is 11.6 Å². The summed E-state index contributed by atoms with van der Waals surface area (Å²) in [5.74, 6) is -1.76. The summed E-state index contributed by atoms with van der Waals surface area (Å²) in [6.07, 6.45) is 0.409. The molecule has 3 atom stereocenters. The van der Waals surface area contributed by atoms with E-state index < -0.39 is 35.1 Å². The van der Waals surface area contributed by atoms with Crippen molar-refractivity contribution in [1.29, 1.82) is 5.26 Å². The molecule has 2 aromatic carbocycles. The minimum atomic E-state index is -1.15. The molecule has 1 aromatic heterocycles. The van der Waals surface area contributed by atoms with Gasteiger partial charge in [0.15, 0.2) is 0 Å². The molecule has 10 heteroatoms. The molecule has 0 bridgehead atoms. The van der Waals surface area contributed by atoms with E-state index >= 15 is 0 Å². The van der Waals surface area contributed by atoms with E-state index in [2.05, 4.69) is 21.7 Å². The molecule has 8 nitrogen and oxygen atoms in total. The molecule has 2 aliphatic rings. The summed E-state index contributed by atoms with van der Waals surface area (Å²) < 4.78 is 14.1. The van der Waals surface area contributed by atoms with Gasteiger partial charge in [0.1, 0.15) is 23.6 Å². The maximum absolute atomic E-state index is 14.1. The number of fused-ring (bicyclic) bond motifs is 3. The van der Waals surface area contributed by atoms with E-state index in [9.17, 15) is 24.0 Å². The van der Waals surface area contributed by atoms with Crippen molar-refractivity contribution < 1.29 is 18.8 Å². The first-order valence-corrected chi connectivity index (χ1v) is 12.4. The third kappa shape index (κ3) is 4.11. The lowest BCUT2D eigenvalue weighted by atomic mass is 9.79. The van der Waals surface area contributed by atoms with Gasteiger partial charge in [-0.25, -0.2) is 4.39 Å². The number of nitriles is 1. The standard InChI is InChI=1S/C27H25ClFN5O3/c1-14(2)9-22(32-24(35)21-10-16-18(29)6-4-7-19(16)31-21)25(36)34-13-27(11-15(34)12-30)23-17(28)5-3-8-20(23)33-26(27)37/h3-8,10,14-15,22,31H,9,11,13H2,1-2H3,(H,32,35)(H,33,37)/t15-,22-,27-/m0/s1. The van der Waals surface area contributed by atoms with Crippen LogP contribution in [0, 0.1) is 23.1 Å². The molecule has 5 rings (SSSR count). The van der Waals surface area contributed by atoms with Crippen molar-refractivity contribution in [1.82, 2.24) is 15.2 Å². The second kappa shape index (κ2) is 9.20. The first-order valence-electron chi connectivity index (χ1n) is 12.0. The van der Waals surface area contributed by atoms with E-state index in [1.165, 1.54) is 23.1 Å². The zero-order chi connectivity index (χ0) is 26.5. The lowest BCUT2D eigenvalue weighted by Gasteiger charge is -2.28. The number of H-pyrrole nitrogens is 1. The van der Waals surface area contributed by atoms with Crippen LogP contribution in [-0.4, -0.2) is 46.2 Å². The summed E-state index contributed by atoms with van der Waals surface area (Å²) in [7, 11) is 0. The number of rotatable bonds is 5. The van der Waals surface area contributed by atoms with Gasteiger partial charge >= 0.3 is 0 Å². The van der Waals surface area contributed by atoms with E-state index in [1.807, 2.05) is 13.8 Å². The molecular weight excluding hydrogens is 497 g/mol. The molecule has 2 aliphatic heterocycles. The fourth-order valence-electron chi connectivity index (χ4n) is 5.44. The Kier molecular flexibility index (Phi) is 6.16. The molecule has 1 fully saturated rings. The Bertz CT molecular complexity index is 1480. The average molecular weight is 522 g/mol. The van der Waals surface area contributed by atoms with Crippen LogP contribution in [0.1, 0.15) is 42.7 Å². The smallest absolute Gasteiger partial charge is 0.268 e. The first-order chi connectivity index (χ1) is 17.6. The number of aromatic nitrogens is 1. The van der Waals surface area contributed by atoms with Crippen LogP contribution in [0.15, 0.2) is 42.5 Å². The van der Waals surface area contributed by atoms with E-state index in [1.54, 1.807) is 24.3 Å². The number of anilines is 1. The second-order valence-electron chi connectivity index (χ2n) is 10.1. The predicted molar refractivity (Wildman–Crippen MR) is 136 cm³/mol. The van der Waals surface area contributed by atoms with E-state index in [4.69, 9.17) is 11.6 Å². The molecule has 0 aliphatic carbocycles. The highest BCUT2D eigenvalue weighted by Gasteiger charge is 2.57. The molecule has 0 unspecified atom stereocenters. The molecule has 0 radical (unpaired) electrons. The van der Waals surface area contributed by atoms with Crippen molar-refractivity contribution in [2.45, 2.75) is 44.2 Å². The number of amides is 3. The van der Waals surface area contributed by atoms with Gasteiger partial charge in [-0.15, -0.1) is 0 Å². The van der Waals surface area contributed by atoms with Crippen molar-refractivity contribution in [2.75, 3.05) is 11.9 Å². The number of likely N-dealkylation sites (tertiary alicyclic amines) is 1. The van der Waals surface area contributed by atoms with Gasteiger partial charge in [0.05, 0.1) is 11.5 Å².